The van der Waals surface area contributed by atoms with E-state index in [1.165, 1.54) is 30.6 Å². The van der Waals surface area contributed by atoms with E-state index in [0.717, 1.165) is 0 Å². The topological polar surface area (TPSA) is 85.1 Å². The number of nitro groups is 1. The molecular formula is C12H7BrClN3O3. The third kappa shape index (κ3) is 2.94. The van der Waals surface area contributed by atoms with Crippen molar-refractivity contribution in [2.24, 2.45) is 0 Å². The standard InChI is InChI=1S/C12H7BrClN3O3/c13-8-6-15-5-4-9(8)16-12(18)7-2-1-3-10(11(7)14)17(19)20/h1-6H,(H,15,16,18). The number of hydrogen-bond acceptors (Lipinski definition) is 4. The lowest BCUT2D eigenvalue weighted by Crippen LogP contribution is -2.13. The fourth-order valence-electron chi connectivity index (χ4n) is 1.50. The number of halogens is 2. The van der Waals surface area contributed by atoms with Crippen molar-refractivity contribution in [3.05, 3.63) is 61.8 Å². The van der Waals surface area contributed by atoms with E-state index >= 15 is 0 Å². The molecule has 2 aromatic rings. The average molecular weight is 357 g/mol. The Labute approximate surface area is 127 Å². The van der Waals surface area contributed by atoms with Gasteiger partial charge >= 0.3 is 0 Å². The van der Waals surface area contributed by atoms with Gasteiger partial charge in [0.05, 0.1) is 20.6 Å². The number of amides is 1. The van der Waals surface area contributed by atoms with Crippen LogP contribution in [0.5, 0.6) is 0 Å². The summed E-state index contributed by atoms with van der Waals surface area (Å²) in [5.41, 5.74) is 0.213. The van der Waals surface area contributed by atoms with Gasteiger partial charge in [-0.2, -0.15) is 0 Å². The maximum Gasteiger partial charge on any atom is 0.288 e. The van der Waals surface area contributed by atoms with Crippen LogP contribution in [-0.4, -0.2) is 15.8 Å². The SMILES string of the molecule is O=C(Nc1ccncc1Br)c1cccc([N+](=O)[O-])c1Cl. The summed E-state index contributed by atoms with van der Waals surface area (Å²) in [5.74, 6) is -0.536. The van der Waals surface area contributed by atoms with Crippen molar-refractivity contribution >= 4 is 44.8 Å². The van der Waals surface area contributed by atoms with E-state index in [9.17, 15) is 14.9 Å². The minimum atomic E-state index is -0.637. The van der Waals surface area contributed by atoms with Crippen LogP contribution >= 0.6 is 27.5 Å². The summed E-state index contributed by atoms with van der Waals surface area (Å²) in [6, 6.07) is 5.65. The van der Waals surface area contributed by atoms with Crippen LogP contribution in [0.2, 0.25) is 5.02 Å². The Balaban J connectivity index is 2.33. The third-order valence-electron chi connectivity index (χ3n) is 2.44. The van der Waals surface area contributed by atoms with Gasteiger partial charge in [0.1, 0.15) is 5.02 Å². The number of hydrogen-bond donors (Lipinski definition) is 1. The molecule has 1 aromatic heterocycles. The molecular weight excluding hydrogens is 350 g/mol. The highest BCUT2D eigenvalue weighted by atomic mass is 79.9. The van der Waals surface area contributed by atoms with E-state index in [-0.39, 0.29) is 16.3 Å². The normalized spacial score (nSPS) is 10.1. The first-order valence-electron chi connectivity index (χ1n) is 5.34. The zero-order chi connectivity index (χ0) is 14.7. The lowest BCUT2D eigenvalue weighted by atomic mass is 10.2. The highest BCUT2D eigenvalue weighted by Crippen LogP contribution is 2.29. The average Bonchev–Trinajstić information content (AvgIpc) is 2.41. The Morgan fingerprint density at radius 3 is 2.80 bits per heavy atom. The lowest BCUT2D eigenvalue weighted by molar-refractivity contribution is -0.384. The van der Waals surface area contributed by atoms with Gasteiger partial charge in [-0.15, -0.1) is 0 Å². The quantitative estimate of drug-likeness (QED) is 0.672. The molecule has 8 heteroatoms. The van der Waals surface area contributed by atoms with Crippen molar-refractivity contribution in [3.8, 4) is 0 Å². The molecule has 0 bridgehead atoms. The molecule has 0 saturated carbocycles. The Morgan fingerprint density at radius 1 is 1.40 bits per heavy atom. The van der Waals surface area contributed by atoms with E-state index in [2.05, 4.69) is 26.2 Å². The van der Waals surface area contributed by atoms with Crippen molar-refractivity contribution in [2.45, 2.75) is 0 Å². The molecule has 0 radical (unpaired) electrons. The molecule has 102 valence electrons. The number of anilines is 1. The third-order valence-corrected chi connectivity index (χ3v) is 3.47. The van der Waals surface area contributed by atoms with Gasteiger partial charge in [-0.1, -0.05) is 17.7 Å². The number of carbonyl (C=O) groups is 1. The molecule has 2 rings (SSSR count). The van der Waals surface area contributed by atoms with Gasteiger partial charge in [0, 0.05) is 18.5 Å². The van der Waals surface area contributed by atoms with Crippen LogP contribution in [0.4, 0.5) is 11.4 Å². The zero-order valence-electron chi connectivity index (χ0n) is 9.84. The van der Waals surface area contributed by atoms with Crippen molar-refractivity contribution in [1.29, 1.82) is 0 Å². The minimum Gasteiger partial charge on any atom is -0.321 e. The lowest BCUT2D eigenvalue weighted by Gasteiger charge is -2.08. The van der Waals surface area contributed by atoms with E-state index in [1.807, 2.05) is 0 Å². The second-order valence-electron chi connectivity index (χ2n) is 3.71. The number of nitrogens with one attached hydrogen (secondary N) is 1. The number of pyridine rings is 1. The summed E-state index contributed by atoms with van der Waals surface area (Å²) in [6.45, 7) is 0. The van der Waals surface area contributed by atoms with Crippen LogP contribution in [0.1, 0.15) is 10.4 Å². The monoisotopic (exact) mass is 355 g/mol. The molecule has 0 unspecified atom stereocenters. The van der Waals surface area contributed by atoms with Gasteiger partial charge in [-0.25, -0.2) is 0 Å². The van der Waals surface area contributed by atoms with E-state index in [0.29, 0.717) is 10.2 Å². The molecule has 1 heterocycles. The molecule has 20 heavy (non-hydrogen) atoms. The van der Waals surface area contributed by atoms with Crippen LogP contribution in [-0.2, 0) is 0 Å². The molecule has 1 amide bonds. The second kappa shape index (κ2) is 5.98. The molecule has 1 aromatic carbocycles. The largest absolute Gasteiger partial charge is 0.321 e. The first-order valence-corrected chi connectivity index (χ1v) is 6.51. The molecule has 0 aliphatic heterocycles. The Morgan fingerprint density at radius 2 is 2.15 bits per heavy atom. The van der Waals surface area contributed by atoms with Gasteiger partial charge in [-0.3, -0.25) is 19.9 Å². The van der Waals surface area contributed by atoms with Crippen LogP contribution < -0.4 is 5.32 Å². The molecule has 0 fully saturated rings. The summed E-state index contributed by atoms with van der Waals surface area (Å²) < 4.78 is 0.593. The van der Waals surface area contributed by atoms with Crippen molar-refractivity contribution < 1.29 is 9.72 Å². The summed E-state index contributed by atoms with van der Waals surface area (Å²) in [6.07, 6.45) is 3.03. The van der Waals surface area contributed by atoms with Crippen molar-refractivity contribution in [2.75, 3.05) is 5.32 Å². The summed E-state index contributed by atoms with van der Waals surface area (Å²) >= 11 is 9.11. The fourth-order valence-corrected chi connectivity index (χ4v) is 2.13. The second-order valence-corrected chi connectivity index (χ2v) is 4.94. The van der Waals surface area contributed by atoms with Crippen molar-refractivity contribution in [3.63, 3.8) is 0 Å². The molecule has 0 aliphatic carbocycles. The molecule has 0 saturated heterocycles. The molecule has 6 nitrogen and oxygen atoms in total. The van der Waals surface area contributed by atoms with E-state index in [4.69, 9.17) is 11.6 Å². The first-order chi connectivity index (χ1) is 9.50. The number of aromatic nitrogens is 1. The smallest absolute Gasteiger partial charge is 0.288 e. The summed E-state index contributed by atoms with van der Waals surface area (Å²) in [5, 5.41) is 13.2. The van der Waals surface area contributed by atoms with Crippen LogP contribution in [0.15, 0.2) is 41.1 Å². The maximum atomic E-state index is 12.1. The highest BCUT2D eigenvalue weighted by molar-refractivity contribution is 9.10. The predicted molar refractivity (Wildman–Crippen MR) is 78.0 cm³/mol. The van der Waals surface area contributed by atoms with Gasteiger partial charge in [-0.05, 0) is 28.1 Å². The van der Waals surface area contributed by atoms with E-state index < -0.39 is 10.8 Å². The minimum absolute atomic E-state index is 0.0320. The number of nitro benzene ring substituents is 1. The van der Waals surface area contributed by atoms with Crippen LogP contribution in [0.3, 0.4) is 0 Å². The number of nitrogens with zero attached hydrogens (tertiary/aromatic N) is 2. The maximum absolute atomic E-state index is 12.1. The number of benzene rings is 1. The van der Waals surface area contributed by atoms with Gasteiger partial charge in [0.2, 0.25) is 0 Å². The molecule has 0 atom stereocenters. The zero-order valence-corrected chi connectivity index (χ0v) is 12.2. The van der Waals surface area contributed by atoms with Crippen LogP contribution in [0.25, 0.3) is 0 Å². The predicted octanol–water partition coefficient (Wildman–Crippen LogP) is 3.66. The van der Waals surface area contributed by atoms with E-state index in [1.54, 1.807) is 6.07 Å². The van der Waals surface area contributed by atoms with Gasteiger partial charge < -0.3 is 5.32 Å². The molecule has 0 spiro atoms. The summed E-state index contributed by atoms with van der Waals surface area (Å²) in [7, 11) is 0. The first kappa shape index (κ1) is 14.4. The highest BCUT2D eigenvalue weighted by Gasteiger charge is 2.20. The summed E-state index contributed by atoms with van der Waals surface area (Å²) in [4.78, 5) is 26.1. The number of carbonyl (C=O) groups excluding carboxylic acids is 1. The molecule has 0 aliphatic rings. The van der Waals surface area contributed by atoms with Gasteiger partial charge in [0.25, 0.3) is 11.6 Å². The fraction of sp³-hybridized carbons (Fsp3) is 0. The number of rotatable bonds is 3. The Hall–Kier alpha value is -1.99. The molecule has 1 N–H and O–H groups in total. The Kier molecular flexibility index (Phi) is 4.31. The van der Waals surface area contributed by atoms with Gasteiger partial charge in [0.15, 0.2) is 0 Å². The van der Waals surface area contributed by atoms with Crippen molar-refractivity contribution in [1.82, 2.24) is 4.98 Å². The Bertz CT molecular complexity index is 693. The van der Waals surface area contributed by atoms with Crippen LogP contribution in [0, 0.1) is 10.1 Å².